The predicted molar refractivity (Wildman–Crippen MR) is 159 cm³/mol. The smallest absolute Gasteiger partial charge is 0.318 e. The van der Waals surface area contributed by atoms with Crippen molar-refractivity contribution in [2.24, 2.45) is 0 Å². The number of fused-ring (bicyclic) bond motifs is 1. The van der Waals surface area contributed by atoms with Crippen LogP contribution in [-0.4, -0.2) is 89.9 Å². The molecule has 8 heteroatoms. The van der Waals surface area contributed by atoms with Gasteiger partial charge in [0.1, 0.15) is 6.04 Å². The maximum atomic E-state index is 13.7. The molecule has 1 N–H and O–H groups in total. The highest BCUT2D eigenvalue weighted by molar-refractivity contribution is 8.13. The van der Waals surface area contributed by atoms with Crippen molar-refractivity contribution in [3.05, 3.63) is 83.9 Å². The van der Waals surface area contributed by atoms with Crippen molar-refractivity contribution in [2.75, 3.05) is 52.1 Å². The third-order valence-corrected chi connectivity index (χ3v) is 7.92. The topological polar surface area (TPSA) is 73.0 Å². The Morgan fingerprint density at radius 3 is 2.28 bits per heavy atom. The molecule has 1 atom stereocenters. The summed E-state index contributed by atoms with van der Waals surface area (Å²) in [5.74, 6) is 0.463. The molecule has 0 bridgehead atoms. The number of carbonyl (C=O) groups excluding carboxylic acids is 3. The van der Waals surface area contributed by atoms with Gasteiger partial charge < -0.3 is 20.0 Å². The summed E-state index contributed by atoms with van der Waals surface area (Å²) in [6.07, 6.45) is 1.11. The van der Waals surface area contributed by atoms with E-state index in [-0.39, 0.29) is 17.1 Å². The highest BCUT2D eigenvalue weighted by Gasteiger charge is 2.29. The number of amides is 3. The SMILES string of the molecule is CC(=O)SCCN(CCc1ccccc1)C(=O)NC(Cc1ccc2ccccc2c1)C(=O)N1CCN(C)CC1. The number of hydrogen-bond donors (Lipinski definition) is 1. The number of hydrogen-bond acceptors (Lipinski definition) is 5. The molecule has 1 aliphatic rings. The maximum Gasteiger partial charge on any atom is 0.318 e. The summed E-state index contributed by atoms with van der Waals surface area (Å²) in [5, 5.41) is 5.36. The molecule has 0 saturated carbocycles. The van der Waals surface area contributed by atoms with Crippen LogP contribution in [0.5, 0.6) is 0 Å². The monoisotopic (exact) mass is 546 g/mol. The molecule has 0 radical (unpaired) electrons. The first-order chi connectivity index (χ1) is 18.9. The minimum Gasteiger partial charge on any atom is -0.338 e. The van der Waals surface area contributed by atoms with E-state index in [2.05, 4.69) is 41.5 Å². The zero-order chi connectivity index (χ0) is 27.6. The van der Waals surface area contributed by atoms with Crippen LogP contribution >= 0.6 is 11.8 Å². The Kier molecular flexibility index (Phi) is 10.4. The van der Waals surface area contributed by atoms with Crippen molar-refractivity contribution in [1.82, 2.24) is 20.0 Å². The molecule has 1 fully saturated rings. The van der Waals surface area contributed by atoms with Gasteiger partial charge in [-0.3, -0.25) is 9.59 Å². The number of urea groups is 1. The Hall–Kier alpha value is -3.36. The molecule has 3 aromatic carbocycles. The van der Waals surface area contributed by atoms with Gasteiger partial charge in [0, 0.05) is 58.4 Å². The van der Waals surface area contributed by atoms with Gasteiger partial charge in [-0.15, -0.1) is 0 Å². The summed E-state index contributed by atoms with van der Waals surface area (Å²) in [4.78, 5) is 44.7. The van der Waals surface area contributed by atoms with Gasteiger partial charge in [0.05, 0.1) is 0 Å². The summed E-state index contributed by atoms with van der Waals surface area (Å²) in [7, 11) is 2.06. The molecule has 3 amide bonds. The molecule has 1 saturated heterocycles. The lowest BCUT2D eigenvalue weighted by Gasteiger charge is -2.35. The van der Waals surface area contributed by atoms with Crippen molar-refractivity contribution < 1.29 is 14.4 Å². The van der Waals surface area contributed by atoms with Gasteiger partial charge in [-0.05, 0) is 35.4 Å². The van der Waals surface area contributed by atoms with E-state index in [0.29, 0.717) is 44.8 Å². The predicted octanol–water partition coefficient (Wildman–Crippen LogP) is 4.06. The summed E-state index contributed by atoms with van der Waals surface area (Å²) in [6.45, 7) is 5.38. The second kappa shape index (κ2) is 14.1. The fourth-order valence-corrected chi connectivity index (χ4v) is 5.41. The van der Waals surface area contributed by atoms with E-state index >= 15 is 0 Å². The van der Waals surface area contributed by atoms with E-state index in [0.717, 1.165) is 35.0 Å². The average molecular weight is 547 g/mol. The number of carbonyl (C=O) groups is 3. The van der Waals surface area contributed by atoms with Crippen molar-refractivity contribution in [1.29, 1.82) is 0 Å². The van der Waals surface area contributed by atoms with Crippen LogP contribution < -0.4 is 5.32 Å². The third-order valence-electron chi connectivity index (χ3n) is 7.13. The van der Waals surface area contributed by atoms with E-state index in [1.807, 2.05) is 53.4 Å². The molecule has 1 unspecified atom stereocenters. The molecule has 0 aliphatic carbocycles. The Morgan fingerprint density at radius 2 is 1.56 bits per heavy atom. The summed E-state index contributed by atoms with van der Waals surface area (Å²) < 4.78 is 0. The number of likely N-dealkylation sites (N-methyl/N-ethyl adjacent to an activating group) is 1. The average Bonchev–Trinajstić information content (AvgIpc) is 2.94. The van der Waals surface area contributed by atoms with Gasteiger partial charge in [-0.2, -0.15) is 0 Å². The Bertz CT molecular complexity index is 1260. The molecular formula is C31H38N4O3S. The van der Waals surface area contributed by atoms with Crippen LogP contribution in [0.2, 0.25) is 0 Å². The van der Waals surface area contributed by atoms with Gasteiger partial charge >= 0.3 is 6.03 Å². The van der Waals surface area contributed by atoms with Crippen LogP contribution in [0.25, 0.3) is 10.8 Å². The van der Waals surface area contributed by atoms with Crippen molar-refractivity contribution in [3.63, 3.8) is 0 Å². The largest absolute Gasteiger partial charge is 0.338 e. The summed E-state index contributed by atoms with van der Waals surface area (Å²) in [6, 6.07) is 23.4. The summed E-state index contributed by atoms with van der Waals surface area (Å²) >= 11 is 1.21. The van der Waals surface area contributed by atoms with E-state index in [4.69, 9.17) is 0 Å². The van der Waals surface area contributed by atoms with E-state index in [1.165, 1.54) is 18.7 Å². The number of nitrogens with one attached hydrogen (secondary N) is 1. The lowest BCUT2D eigenvalue weighted by atomic mass is 10.0. The molecule has 0 spiro atoms. The van der Waals surface area contributed by atoms with Crippen LogP contribution in [-0.2, 0) is 22.4 Å². The molecule has 0 aromatic heterocycles. The quantitative estimate of drug-likeness (QED) is 0.415. The van der Waals surface area contributed by atoms with E-state index in [1.54, 1.807) is 4.90 Å². The second-order valence-electron chi connectivity index (χ2n) is 10.1. The molecule has 39 heavy (non-hydrogen) atoms. The zero-order valence-corrected chi connectivity index (χ0v) is 23.7. The van der Waals surface area contributed by atoms with Crippen LogP contribution in [0, 0.1) is 0 Å². The third kappa shape index (κ3) is 8.57. The lowest BCUT2D eigenvalue weighted by Crippen LogP contribution is -2.57. The zero-order valence-electron chi connectivity index (χ0n) is 22.8. The molecule has 3 aromatic rings. The van der Waals surface area contributed by atoms with Crippen LogP contribution in [0.3, 0.4) is 0 Å². The highest BCUT2D eigenvalue weighted by atomic mass is 32.2. The van der Waals surface area contributed by atoms with Gasteiger partial charge in [-0.1, -0.05) is 84.6 Å². The van der Waals surface area contributed by atoms with Crippen LogP contribution in [0.4, 0.5) is 4.79 Å². The molecule has 1 aliphatic heterocycles. The van der Waals surface area contributed by atoms with E-state index < -0.39 is 6.04 Å². The molecule has 206 valence electrons. The molecular weight excluding hydrogens is 508 g/mol. The number of piperazine rings is 1. The fraction of sp³-hybridized carbons (Fsp3) is 0.387. The number of nitrogens with zero attached hydrogens (tertiary/aromatic N) is 3. The number of thioether (sulfide) groups is 1. The first kappa shape index (κ1) is 28.6. The minimum absolute atomic E-state index is 0.0258. The first-order valence-corrected chi connectivity index (χ1v) is 14.6. The number of rotatable bonds is 10. The van der Waals surface area contributed by atoms with Crippen molar-refractivity contribution in [3.8, 4) is 0 Å². The molecule has 7 nitrogen and oxygen atoms in total. The van der Waals surface area contributed by atoms with E-state index in [9.17, 15) is 14.4 Å². The first-order valence-electron chi connectivity index (χ1n) is 13.6. The van der Waals surface area contributed by atoms with Gasteiger partial charge in [0.2, 0.25) is 5.91 Å². The standard InChI is InChI=1S/C31H38N4O3S/c1-24(36)39-21-20-35(15-14-25-8-4-3-5-9-25)31(38)32-29(30(37)34-18-16-33(2)17-19-34)23-26-12-13-27-10-6-7-11-28(27)22-26/h3-13,22,29H,14-21,23H2,1-2H3,(H,32,38). The number of benzene rings is 3. The minimum atomic E-state index is -0.679. The Labute approximate surface area is 235 Å². The Balaban J connectivity index is 1.52. The van der Waals surface area contributed by atoms with Gasteiger partial charge in [0.25, 0.3) is 0 Å². The lowest BCUT2D eigenvalue weighted by molar-refractivity contribution is -0.134. The maximum absolute atomic E-state index is 13.7. The highest BCUT2D eigenvalue weighted by Crippen LogP contribution is 2.18. The molecule has 1 heterocycles. The summed E-state index contributed by atoms with van der Waals surface area (Å²) in [5.41, 5.74) is 2.14. The van der Waals surface area contributed by atoms with Gasteiger partial charge in [0.15, 0.2) is 5.12 Å². The van der Waals surface area contributed by atoms with Crippen LogP contribution in [0.1, 0.15) is 18.1 Å². The van der Waals surface area contributed by atoms with Crippen molar-refractivity contribution >= 4 is 39.6 Å². The van der Waals surface area contributed by atoms with Gasteiger partial charge in [-0.25, -0.2) is 4.79 Å². The Morgan fingerprint density at radius 1 is 0.872 bits per heavy atom. The van der Waals surface area contributed by atoms with Crippen molar-refractivity contribution in [2.45, 2.75) is 25.8 Å². The normalized spacial score (nSPS) is 14.7. The second-order valence-corrected chi connectivity index (χ2v) is 11.4. The fourth-order valence-electron chi connectivity index (χ4n) is 4.81. The molecule has 4 rings (SSSR count). The van der Waals surface area contributed by atoms with Crippen LogP contribution in [0.15, 0.2) is 72.8 Å².